The van der Waals surface area contributed by atoms with Crippen molar-refractivity contribution in [2.45, 2.75) is 160 Å². The Hall–Kier alpha value is -1.42. The number of nitrogens with two attached hydrogens (primary N) is 1. The summed E-state index contributed by atoms with van der Waals surface area (Å²) < 4.78 is 72.4. The van der Waals surface area contributed by atoms with Gasteiger partial charge in [-0.1, -0.05) is 0 Å². The number of carbonyl (C=O) groups is 1. The van der Waals surface area contributed by atoms with Crippen LogP contribution in [0.25, 0.3) is 0 Å². The Balaban J connectivity index is 1.35. The van der Waals surface area contributed by atoms with E-state index in [0.717, 1.165) is 6.92 Å². The normalized spacial score (nSPS) is 47.8. The summed E-state index contributed by atoms with van der Waals surface area (Å²) in [5.41, 5.74) is 5.26. The molecule has 19 N–H and O–H groups in total. The van der Waals surface area contributed by atoms with Crippen molar-refractivity contribution < 1.29 is 143 Å². The summed E-state index contributed by atoms with van der Waals surface area (Å²) in [4.78, 5) is 22.3. The van der Waals surface area contributed by atoms with Crippen LogP contribution in [0.4, 0.5) is 0 Å². The number of phosphoric acid groups is 1. The maximum atomic E-state index is 12.4. The van der Waals surface area contributed by atoms with Crippen LogP contribution in [-0.4, -0.2) is 287 Å². The van der Waals surface area contributed by atoms with Crippen LogP contribution in [0.2, 0.25) is 0 Å². The van der Waals surface area contributed by atoms with Gasteiger partial charge in [0.2, 0.25) is 5.91 Å². The van der Waals surface area contributed by atoms with Gasteiger partial charge in [0.1, 0.15) is 122 Å². The van der Waals surface area contributed by atoms with E-state index in [1.807, 2.05) is 0 Å². The van der Waals surface area contributed by atoms with Crippen molar-refractivity contribution >= 4 is 13.7 Å². The molecular formula is C34H61N2O29P. The van der Waals surface area contributed by atoms with Gasteiger partial charge >= 0.3 is 7.82 Å². The van der Waals surface area contributed by atoms with Gasteiger partial charge in [0, 0.05) is 13.5 Å². The highest BCUT2D eigenvalue weighted by atomic mass is 31.2. The van der Waals surface area contributed by atoms with Crippen molar-refractivity contribution in [3.05, 3.63) is 0 Å². The molecule has 0 radical (unpaired) electrons. The van der Waals surface area contributed by atoms with E-state index >= 15 is 0 Å². The first-order valence-electron chi connectivity index (χ1n) is 20.5. The average molecular weight is 993 g/mol. The van der Waals surface area contributed by atoms with E-state index in [9.17, 15) is 90.9 Å². The molecule has 11 unspecified atom stereocenters. The molecule has 0 aromatic heterocycles. The van der Waals surface area contributed by atoms with Crippen LogP contribution in [0.5, 0.6) is 0 Å². The molecule has 5 aliphatic rings. The van der Waals surface area contributed by atoms with Crippen LogP contribution in [0.3, 0.4) is 0 Å². The van der Waals surface area contributed by atoms with Crippen LogP contribution in [0.15, 0.2) is 0 Å². The molecule has 66 heavy (non-hydrogen) atoms. The Kier molecular flexibility index (Phi) is 20.3. The van der Waals surface area contributed by atoms with Gasteiger partial charge in [-0.25, -0.2) is 4.57 Å². The van der Waals surface area contributed by atoms with Gasteiger partial charge in [0.05, 0.1) is 39.6 Å². The average Bonchev–Trinajstić information content (AvgIpc) is 3.28. The second-order valence-corrected chi connectivity index (χ2v) is 17.4. The number of nitrogens with one attached hydrogen (secondary N) is 1. The van der Waals surface area contributed by atoms with Gasteiger partial charge in [-0.05, 0) is 0 Å². The Morgan fingerprint density at radius 2 is 1.00 bits per heavy atom. The van der Waals surface area contributed by atoms with Crippen LogP contribution in [-0.2, 0) is 61.0 Å². The third-order valence-electron chi connectivity index (χ3n) is 11.3. The minimum absolute atomic E-state index is 0.169. The number of amides is 1. The van der Waals surface area contributed by atoms with Gasteiger partial charge < -0.3 is 135 Å². The fourth-order valence-electron chi connectivity index (χ4n) is 7.67. The molecule has 0 spiro atoms. The third kappa shape index (κ3) is 12.7. The first-order chi connectivity index (χ1) is 31.1. The van der Waals surface area contributed by atoms with Crippen molar-refractivity contribution in [3.8, 4) is 0 Å². The predicted molar refractivity (Wildman–Crippen MR) is 202 cm³/mol. The maximum absolute atomic E-state index is 12.4. The highest BCUT2D eigenvalue weighted by Gasteiger charge is 2.56. The standard InChI is InChI=1S/C34H61N2O29P/c1-9(40)36-15-19(44)27(64-32-25(50)20(45)16(41)10(4-37)59-32)12(6-39)61-31(15)63-28-14(58-30(52)24(49)23(28)48)7-55-34-29(22(47)17(42)11(5-38)60-34)65-33-26(51)21(46)18(43)13(62-33)8-57-66(53,54)56-3-2-35/h10-34,37-39,41-52H,2-8,35H2,1H3,(H,36,40)(H,53,54)/t10?,11?,12?,13?,14?,15-,16+,17+,18+,19?,20-,21-,22-,23+,24?,25?,26?,27-,28+,29?,30-,31-,32+,33+,34-/m0/s1. The number of aliphatic hydroxyl groups excluding tert-OH is 15. The molecule has 5 rings (SSSR count). The first kappa shape index (κ1) is 55.5. The van der Waals surface area contributed by atoms with E-state index in [2.05, 4.69) is 9.84 Å². The second kappa shape index (κ2) is 24.1. The molecule has 5 fully saturated rings. The van der Waals surface area contributed by atoms with Gasteiger partial charge in [0.15, 0.2) is 31.5 Å². The van der Waals surface area contributed by atoms with Crippen molar-refractivity contribution in [1.29, 1.82) is 0 Å². The zero-order valence-corrected chi connectivity index (χ0v) is 35.8. The van der Waals surface area contributed by atoms with E-state index in [1.165, 1.54) is 0 Å². The van der Waals surface area contributed by atoms with Crippen molar-refractivity contribution in [2.75, 3.05) is 46.2 Å². The number of rotatable bonds is 19. The molecule has 5 heterocycles. The summed E-state index contributed by atoms with van der Waals surface area (Å²) in [6.07, 6.45) is -45.9. The van der Waals surface area contributed by atoms with Crippen LogP contribution in [0, 0.1) is 0 Å². The van der Waals surface area contributed by atoms with Gasteiger partial charge in [-0.15, -0.1) is 0 Å². The topological polar surface area (TPSA) is 497 Å². The fraction of sp³-hybridized carbons (Fsp3) is 0.971. The van der Waals surface area contributed by atoms with Crippen LogP contribution >= 0.6 is 7.82 Å². The maximum Gasteiger partial charge on any atom is 0.472 e. The monoisotopic (exact) mass is 992 g/mol. The lowest BCUT2D eigenvalue weighted by Crippen LogP contribution is -2.69. The molecule has 0 aliphatic carbocycles. The number of ether oxygens (including phenoxy) is 9. The SMILES string of the molecule is CC(=O)N[C@H]1C(O)[C@@H](O[C@H]2OC(CO)[C@@H](O)[C@H](O)C2O)C(CO)O[C@H]1O[C@@H]1C(CO[C@H]2OC(CO)[C@@H](O)[C@H](O)C2O[C@H]2OC(COP(=O)(O)OCCN)[C@@H](O)[C@H](O)C2O)O[C@H](O)C(O)[C@H]1O. The third-order valence-corrected chi connectivity index (χ3v) is 12.3. The summed E-state index contributed by atoms with van der Waals surface area (Å²) in [6, 6.07) is -1.72. The molecule has 0 aromatic rings. The zero-order chi connectivity index (χ0) is 48.9. The minimum Gasteiger partial charge on any atom is -0.394 e. The fourth-order valence-corrected chi connectivity index (χ4v) is 8.42. The van der Waals surface area contributed by atoms with E-state index < -0.39 is 207 Å². The molecule has 0 saturated carbocycles. The summed E-state index contributed by atoms with van der Waals surface area (Å²) >= 11 is 0. The summed E-state index contributed by atoms with van der Waals surface area (Å²) in [5.74, 6) is -0.821. The van der Waals surface area contributed by atoms with Crippen LogP contribution < -0.4 is 11.1 Å². The van der Waals surface area contributed by atoms with E-state index in [0.29, 0.717) is 0 Å². The van der Waals surface area contributed by atoms with E-state index in [-0.39, 0.29) is 6.54 Å². The first-order valence-corrected chi connectivity index (χ1v) is 22.0. The summed E-state index contributed by atoms with van der Waals surface area (Å²) in [5, 5.41) is 161. The number of hydrogen-bond donors (Lipinski definition) is 18. The zero-order valence-electron chi connectivity index (χ0n) is 34.9. The highest BCUT2D eigenvalue weighted by Crippen LogP contribution is 2.44. The lowest BCUT2D eigenvalue weighted by molar-refractivity contribution is -0.379. The summed E-state index contributed by atoms with van der Waals surface area (Å²) in [7, 11) is -4.78. The molecule has 0 aromatic carbocycles. The molecule has 5 aliphatic heterocycles. The molecule has 0 bridgehead atoms. The van der Waals surface area contributed by atoms with E-state index in [4.69, 9.17) is 52.9 Å². The second-order valence-electron chi connectivity index (χ2n) is 15.9. The van der Waals surface area contributed by atoms with Gasteiger partial charge in [-0.2, -0.15) is 0 Å². The molecule has 31 nitrogen and oxygen atoms in total. The van der Waals surface area contributed by atoms with Gasteiger partial charge in [0.25, 0.3) is 0 Å². The lowest BCUT2D eigenvalue weighted by Gasteiger charge is -2.49. The molecule has 1 amide bonds. The molecule has 386 valence electrons. The molecule has 26 atom stereocenters. The molecule has 5 saturated heterocycles. The molecular weight excluding hydrogens is 931 g/mol. The number of aliphatic hydroxyl groups is 15. The largest absolute Gasteiger partial charge is 0.472 e. The number of hydrogen-bond acceptors (Lipinski definition) is 29. The Morgan fingerprint density at radius 1 is 0.530 bits per heavy atom. The van der Waals surface area contributed by atoms with Crippen LogP contribution in [0.1, 0.15) is 6.92 Å². The summed E-state index contributed by atoms with van der Waals surface area (Å²) in [6.45, 7) is -4.21. The number of carbonyl (C=O) groups excluding carboxylic acids is 1. The number of phosphoric ester groups is 1. The van der Waals surface area contributed by atoms with Crippen molar-refractivity contribution in [1.82, 2.24) is 5.32 Å². The van der Waals surface area contributed by atoms with E-state index in [1.54, 1.807) is 0 Å². The Morgan fingerprint density at radius 3 is 1.56 bits per heavy atom. The quantitative estimate of drug-likeness (QED) is 0.0534. The van der Waals surface area contributed by atoms with Gasteiger partial charge in [-0.3, -0.25) is 13.8 Å². The minimum atomic E-state index is -4.78. The lowest BCUT2D eigenvalue weighted by atomic mass is 9.94. The van der Waals surface area contributed by atoms with Crippen molar-refractivity contribution in [3.63, 3.8) is 0 Å². The van der Waals surface area contributed by atoms with Crippen molar-refractivity contribution in [2.24, 2.45) is 5.73 Å². The highest BCUT2D eigenvalue weighted by molar-refractivity contribution is 7.47. The predicted octanol–water partition coefficient (Wildman–Crippen LogP) is -11.7. The smallest absolute Gasteiger partial charge is 0.394 e. The Bertz CT molecular complexity index is 1560. The molecule has 32 heteroatoms. The Labute approximate surface area is 373 Å².